The van der Waals surface area contributed by atoms with Gasteiger partial charge in [-0.05, 0) is 68.6 Å². The highest BCUT2D eigenvalue weighted by Crippen LogP contribution is 2.28. The molecule has 2 aromatic rings. The van der Waals surface area contributed by atoms with Gasteiger partial charge in [0, 0.05) is 30.9 Å². The van der Waals surface area contributed by atoms with Crippen molar-refractivity contribution in [1.29, 1.82) is 0 Å². The van der Waals surface area contributed by atoms with E-state index < -0.39 is 0 Å². The number of carbonyl (C=O) groups excluding carboxylic acids is 1. The lowest BCUT2D eigenvalue weighted by Crippen LogP contribution is -2.30. The summed E-state index contributed by atoms with van der Waals surface area (Å²) >= 11 is 5.42. The number of nitrogens with zero attached hydrogens (tertiary/aromatic N) is 1. The van der Waals surface area contributed by atoms with Crippen LogP contribution in [0.25, 0.3) is 0 Å². The number of benzene rings is 2. The summed E-state index contributed by atoms with van der Waals surface area (Å²) in [7, 11) is 0. The molecule has 4 nitrogen and oxygen atoms in total. The van der Waals surface area contributed by atoms with Crippen LogP contribution in [0.5, 0.6) is 0 Å². The Labute approximate surface area is 167 Å². The molecule has 0 aromatic heterocycles. The predicted octanol–water partition coefficient (Wildman–Crippen LogP) is 4.35. The highest BCUT2D eigenvalue weighted by molar-refractivity contribution is 7.80. The van der Waals surface area contributed by atoms with E-state index in [2.05, 4.69) is 41.8 Å². The Kier molecular flexibility index (Phi) is 6.45. The minimum absolute atomic E-state index is 0.201. The first-order chi connectivity index (χ1) is 13.0. The van der Waals surface area contributed by atoms with Crippen LogP contribution >= 0.6 is 12.2 Å². The lowest BCUT2D eigenvalue weighted by molar-refractivity contribution is -0.117. The van der Waals surface area contributed by atoms with E-state index in [1.54, 1.807) is 0 Å². The first kappa shape index (κ1) is 19.4. The van der Waals surface area contributed by atoms with Gasteiger partial charge in [-0.25, -0.2) is 0 Å². The van der Waals surface area contributed by atoms with Gasteiger partial charge in [0.15, 0.2) is 5.11 Å². The molecule has 1 saturated heterocycles. The fraction of sp³-hybridized carbons (Fsp3) is 0.364. The molecule has 1 heterocycles. The Morgan fingerprint density at radius 1 is 1.19 bits per heavy atom. The van der Waals surface area contributed by atoms with E-state index in [0.717, 1.165) is 49.3 Å². The van der Waals surface area contributed by atoms with Crippen LogP contribution in [0.15, 0.2) is 42.5 Å². The predicted molar refractivity (Wildman–Crippen MR) is 116 cm³/mol. The Morgan fingerprint density at radius 2 is 2.04 bits per heavy atom. The molecule has 0 saturated carbocycles. The summed E-state index contributed by atoms with van der Waals surface area (Å²) in [6, 6.07) is 14.7. The molecular formula is C22H27N3OS. The van der Waals surface area contributed by atoms with Gasteiger partial charge >= 0.3 is 0 Å². The number of thiocarbonyl (C=S) groups is 1. The van der Waals surface area contributed by atoms with E-state index in [9.17, 15) is 4.79 Å². The van der Waals surface area contributed by atoms with E-state index >= 15 is 0 Å². The second-order valence-electron chi connectivity index (χ2n) is 7.12. The van der Waals surface area contributed by atoms with Crippen LogP contribution in [0.3, 0.4) is 0 Å². The van der Waals surface area contributed by atoms with Crippen LogP contribution in [0.4, 0.5) is 11.4 Å². The van der Waals surface area contributed by atoms with E-state index in [4.69, 9.17) is 12.2 Å². The number of carbonyl (C=O) groups is 1. The summed E-state index contributed by atoms with van der Waals surface area (Å²) in [6.45, 7) is 5.77. The summed E-state index contributed by atoms with van der Waals surface area (Å²) < 4.78 is 0. The number of anilines is 2. The van der Waals surface area contributed by atoms with E-state index in [1.165, 1.54) is 11.1 Å². The molecule has 1 aliphatic heterocycles. The third kappa shape index (κ3) is 5.30. The third-order valence-corrected chi connectivity index (χ3v) is 5.09. The summed E-state index contributed by atoms with van der Waals surface area (Å²) in [5, 5.41) is 7.12. The van der Waals surface area contributed by atoms with Gasteiger partial charge in [0.1, 0.15) is 0 Å². The minimum Gasteiger partial charge on any atom is -0.362 e. The van der Waals surface area contributed by atoms with Gasteiger partial charge in [0.25, 0.3) is 0 Å². The molecule has 2 aromatic carbocycles. The molecular weight excluding hydrogens is 354 g/mol. The van der Waals surface area contributed by atoms with Gasteiger partial charge in [-0.2, -0.15) is 0 Å². The topological polar surface area (TPSA) is 44.4 Å². The van der Waals surface area contributed by atoms with Crippen LogP contribution in [-0.2, 0) is 11.2 Å². The molecule has 1 aliphatic rings. The summed E-state index contributed by atoms with van der Waals surface area (Å²) in [5.41, 5.74) is 5.64. The van der Waals surface area contributed by atoms with Crippen LogP contribution in [0.2, 0.25) is 0 Å². The van der Waals surface area contributed by atoms with Crippen molar-refractivity contribution in [3.05, 3.63) is 59.2 Å². The quantitative estimate of drug-likeness (QED) is 0.577. The van der Waals surface area contributed by atoms with Crippen molar-refractivity contribution in [1.82, 2.24) is 5.32 Å². The zero-order valence-electron chi connectivity index (χ0n) is 16.0. The monoisotopic (exact) mass is 381 g/mol. The van der Waals surface area contributed by atoms with Crippen molar-refractivity contribution < 1.29 is 4.79 Å². The number of nitrogens with one attached hydrogen (secondary N) is 2. The first-order valence-electron chi connectivity index (χ1n) is 9.54. The van der Waals surface area contributed by atoms with E-state index in [0.29, 0.717) is 11.5 Å². The number of hydrogen-bond donors (Lipinski definition) is 2. The van der Waals surface area contributed by atoms with Crippen LogP contribution in [0, 0.1) is 13.8 Å². The lowest BCUT2D eigenvalue weighted by atomic mass is 10.1. The molecule has 0 atom stereocenters. The molecule has 27 heavy (non-hydrogen) atoms. The molecule has 2 N–H and O–H groups in total. The largest absolute Gasteiger partial charge is 0.362 e. The summed E-state index contributed by atoms with van der Waals surface area (Å²) in [5.74, 6) is 0.201. The second-order valence-corrected chi connectivity index (χ2v) is 7.53. The van der Waals surface area contributed by atoms with Gasteiger partial charge < -0.3 is 15.5 Å². The molecule has 0 aliphatic carbocycles. The fourth-order valence-electron chi connectivity index (χ4n) is 3.42. The maximum atomic E-state index is 12.0. The number of aryl methyl sites for hydroxylation is 3. The minimum atomic E-state index is 0.201. The third-order valence-electron chi connectivity index (χ3n) is 4.84. The van der Waals surface area contributed by atoms with Crippen molar-refractivity contribution in [3.8, 4) is 0 Å². The van der Waals surface area contributed by atoms with Crippen molar-refractivity contribution in [2.75, 3.05) is 23.3 Å². The molecule has 3 rings (SSSR count). The second kappa shape index (κ2) is 9.00. The maximum Gasteiger partial charge on any atom is 0.227 e. The Bertz CT molecular complexity index is 834. The standard InChI is InChI=1S/C22H27N3OS/c1-16-6-3-7-18(14-16)8-4-12-23-22(27)24-19-11-10-17(2)20(15-19)25-13-5-9-21(25)26/h3,6-7,10-11,14-15H,4-5,8-9,12-13H2,1-2H3,(H2,23,24,27). The maximum absolute atomic E-state index is 12.0. The van der Waals surface area contributed by atoms with Crippen LogP contribution in [0.1, 0.15) is 36.0 Å². The SMILES string of the molecule is Cc1cccc(CCCNC(=S)Nc2ccc(C)c(N3CCCC3=O)c2)c1. The molecule has 0 bridgehead atoms. The molecule has 1 amide bonds. The van der Waals surface area contributed by atoms with Gasteiger partial charge in [-0.15, -0.1) is 0 Å². The average molecular weight is 382 g/mol. The average Bonchev–Trinajstić information content (AvgIpc) is 3.06. The Hall–Kier alpha value is -2.40. The van der Waals surface area contributed by atoms with Crippen LogP contribution < -0.4 is 15.5 Å². The Balaban J connectivity index is 1.50. The van der Waals surface area contributed by atoms with Crippen molar-refractivity contribution in [3.63, 3.8) is 0 Å². The molecule has 0 spiro atoms. The molecule has 0 unspecified atom stereocenters. The molecule has 1 fully saturated rings. The number of rotatable bonds is 6. The normalized spacial score (nSPS) is 13.7. The highest BCUT2D eigenvalue weighted by atomic mass is 32.1. The highest BCUT2D eigenvalue weighted by Gasteiger charge is 2.23. The van der Waals surface area contributed by atoms with Gasteiger partial charge in [0.05, 0.1) is 0 Å². The van der Waals surface area contributed by atoms with Crippen molar-refractivity contribution >= 4 is 34.6 Å². The zero-order valence-corrected chi connectivity index (χ0v) is 16.9. The molecule has 142 valence electrons. The summed E-state index contributed by atoms with van der Waals surface area (Å²) in [6.07, 6.45) is 3.62. The van der Waals surface area contributed by atoms with Crippen molar-refractivity contribution in [2.24, 2.45) is 0 Å². The Morgan fingerprint density at radius 3 is 2.78 bits per heavy atom. The summed E-state index contributed by atoms with van der Waals surface area (Å²) in [4.78, 5) is 13.9. The first-order valence-corrected chi connectivity index (χ1v) is 9.95. The van der Waals surface area contributed by atoms with Gasteiger partial charge in [-0.3, -0.25) is 4.79 Å². The lowest BCUT2D eigenvalue weighted by Gasteiger charge is -2.20. The fourth-order valence-corrected chi connectivity index (χ4v) is 3.64. The zero-order chi connectivity index (χ0) is 19.2. The number of amides is 1. The van der Waals surface area contributed by atoms with Gasteiger partial charge in [0.2, 0.25) is 5.91 Å². The molecule has 5 heteroatoms. The van der Waals surface area contributed by atoms with Crippen LogP contribution in [-0.4, -0.2) is 24.1 Å². The van der Waals surface area contributed by atoms with E-state index in [1.807, 2.05) is 30.0 Å². The number of hydrogen-bond acceptors (Lipinski definition) is 2. The van der Waals surface area contributed by atoms with Gasteiger partial charge in [-0.1, -0.05) is 35.9 Å². The van der Waals surface area contributed by atoms with Crippen molar-refractivity contribution in [2.45, 2.75) is 39.5 Å². The molecule has 0 radical (unpaired) electrons. The van der Waals surface area contributed by atoms with E-state index in [-0.39, 0.29) is 5.91 Å². The smallest absolute Gasteiger partial charge is 0.227 e.